The third-order valence-electron chi connectivity index (χ3n) is 3.74. The summed E-state index contributed by atoms with van der Waals surface area (Å²) in [7, 11) is 1.74. The summed E-state index contributed by atoms with van der Waals surface area (Å²) in [5.74, 6) is 0.607. The molecule has 1 aliphatic heterocycles. The van der Waals surface area contributed by atoms with E-state index in [1.807, 2.05) is 0 Å². The molecule has 100 valence electrons. The van der Waals surface area contributed by atoms with Gasteiger partial charge >= 0.3 is 0 Å². The third-order valence-corrected chi connectivity index (χ3v) is 3.74. The maximum atomic E-state index is 13.3. The van der Waals surface area contributed by atoms with Gasteiger partial charge in [-0.25, -0.2) is 9.37 Å². The lowest BCUT2D eigenvalue weighted by molar-refractivity contribution is 0.434. The fourth-order valence-electron chi connectivity index (χ4n) is 2.70. The van der Waals surface area contributed by atoms with Crippen LogP contribution in [0.25, 0.3) is 10.9 Å². The van der Waals surface area contributed by atoms with Gasteiger partial charge in [-0.3, -0.25) is 9.36 Å². The Labute approximate surface area is 110 Å². The molecule has 19 heavy (non-hydrogen) atoms. The molecule has 1 aromatic carbocycles. The SMILES string of the molecule is Cn1c([C@@H]2CCCNC2)nc2cc(F)ccc2c1=O. The van der Waals surface area contributed by atoms with Crippen molar-refractivity contribution in [3.05, 3.63) is 40.2 Å². The van der Waals surface area contributed by atoms with E-state index in [-0.39, 0.29) is 17.3 Å². The molecule has 1 atom stereocenters. The number of benzene rings is 1. The Bertz CT molecular complexity index is 674. The summed E-state index contributed by atoms with van der Waals surface area (Å²) in [5, 5.41) is 3.78. The minimum Gasteiger partial charge on any atom is -0.316 e. The molecule has 5 heteroatoms. The standard InChI is InChI=1S/C14H16FN3O/c1-18-13(9-3-2-6-16-8-9)17-12-7-10(15)4-5-11(12)14(18)19/h4-5,7,9,16H,2-3,6,8H2,1H3/t9-/m1/s1. The fourth-order valence-corrected chi connectivity index (χ4v) is 2.70. The summed E-state index contributed by atoms with van der Waals surface area (Å²) in [6.45, 7) is 1.83. The van der Waals surface area contributed by atoms with Crippen LogP contribution in [-0.2, 0) is 7.05 Å². The number of fused-ring (bicyclic) bond motifs is 1. The Morgan fingerprint density at radius 3 is 3.05 bits per heavy atom. The first kappa shape index (κ1) is 12.3. The second-order valence-corrected chi connectivity index (χ2v) is 5.04. The van der Waals surface area contributed by atoms with Gasteiger partial charge in [-0.15, -0.1) is 0 Å². The number of aromatic nitrogens is 2. The summed E-state index contributed by atoms with van der Waals surface area (Å²) >= 11 is 0. The van der Waals surface area contributed by atoms with E-state index in [4.69, 9.17) is 0 Å². The lowest BCUT2D eigenvalue weighted by Gasteiger charge is -2.24. The van der Waals surface area contributed by atoms with Gasteiger partial charge in [0, 0.05) is 25.6 Å². The van der Waals surface area contributed by atoms with E-state index in [0.717, 1.165) is 31.8 Å². The van der Waals surface area contributed by atoms with Crippen molar-refractivity contribution >= 4 is 10.9 Å². The van der Waals surface area contributed by atoms with E-state index in [0.29, 0.717) is 10.9 Å². The average Bonchev–Trinajstić information content (AvgIpc) is 2.43. The van der Waals surface area contributed by atoms with E-state index in [1.165, 1.54) is 18.2 Å². The smallest absolute Gasteiger partial charge is 0.261 e. The molecule has 1 N–H and O–H groups in total. The number of halogens is 1. The van der Waals surface area contributed by atoms with Crippen molar-refractivity contribution in [1.82, 2.24) is 14.9 Å². The molecule has 2 heterocycles. The minimum absolute atomic E-state index is 0.106. The quantitative estimate of drug-likeness (QED) is 0.847. The normalized spacial score (nSPS) is 19.8. The Morgan fingerprint density at radius 1 is 1.47 bits per heavy atom. The molecule has 4 nitrogen and oxygen atoms in total. The monoisotopic (exact) mass is 261 g/mol. The van der Waals surface area contributed by atoms with Crippen LogP contribution in [0.3, 0.4) is 0 Å². The van der Waals surface area contributed by atoms with Crippen molar-refractivity contribution in [2.24, 2.45) is 7.05 Å². The van der Waals surface area contributed by atoms with Crippen molar-refractivity contribution in [2.75, 3.05) is 13.1 Å². The Kier molecular flexibility index (Phi) is 3.06. The van der Waals surface area contributed by atoms with E-state index in [1.54, 1.807) is 11.6 Å². The van der Waals surface area contributed by atoms with Crippen LogP contribution in [0.4, 0.5) is 4.39 Å². The largest absolute Gasteiger partial charge is 0.316 e. The molecule has 1 aliphatic rings. The van der Waals surface area contributed by atoms with E-state index < -0.39 is 0 Å². The van der Waals surface area contributed by atoms with Crippen LogP contribution >= 0.6 is 0 Å². The van der Waals surface area contributed by atoms with E-state index in [9.17, 15) is 9.18 Å². The average molecular weight is 261 g/mol. The van der Waals surface area contributed by atoms with Gasteiger partial charge in [0.1, 0.15) is 11.6 Å². The number of hydrogen-bond donors (Lipinski definition) is 1. The Balaban J connectivity index is 2.19. The van der Waals surface area contributed by atoms with Gasteiger partial charge in [-0.05, 0) is 31.5 Å². The van der Waals surface area contributed by atoms with Crippen LogP contribution in [0.15, 0.2) is 23.0 Å². The highest BCUT2D eigenvalue weighted by Gasteiger charge is 2.20. The lowest BCUT2D eigenvalue weighted by atomic mass is 9.98. The van der Waals surface area contributed by atoms with Gasteiger partial charge in [0.05, 0.1) is 10.9 Å². The number of nitrogens with zero attached hydrogens (tertiary/aromatic N) is 2. The van der Waals surface area contributed by atoms with Crippen LogP contribution in [0.5, 0.6) is 0 Å². The molecule has 0 unspecified atom stereocenters. The maximum Gasteiger partial charge on any atom is 0.261 e. The molecule has 0 amide bonds. The van der Waals surface area contributed by atoms with Gasteiger partial charge in [-0.2, -0.15) is 0 Å². The highest BCUT2D eigenvalue weighted by molar-refractivity contribution is 5.77. The van der Waals surface area contributed by atoms with Crippen molar-refractivity contribution in [2.45, 2.75) is 18.8 Å². The van der Waals surface area contributed by atoms with Crippen molar-refractivity contribution in [3.63, 3.8) is 0 Å². The van der Waals surface area contributed by atoms with Crippen LogP contribution in [0.1, 0.15) is 24.6 Å². The van der Waals surface area contributed by atoms with Gasteiger partial charge in [0.25, 0.3) is 5.56 Å². The fraction of sp³-hybridized carbons (Fsp3) is 0.429. The van der Waals surface area contributed by atoms with Crippen molar-refractivity contribution in [1.29, 1.82) is 0 Å². The first-order chi connectivity index (χ1) is 9.16. The first-order valence-corrected chi connectivity index (χ1v) is 6.54. The highest BCUT2D eigenvalue weighted by atomic mass is 19.1. The summed E-state index contributed by atoms with van der Waals surface area (Å²) in [6, 6.07) is 4.13. The van der Waals surface area contributed by atoms with E-state index in [2.05, 4.69) is 10.3 Å². The molecule has 1 saturated heterocycles. The zero-order chi connectivity index (χ0) is 13.4. The van der Waals surface area contributed by atoms with Crippen molar-refractivity contribution < 1.29 is 4.39 Å². The second-order valence-electron chi connectivity index (χ2n) is 5.04. The molecular formula is C14H16FN3O. The molecule has 0 saturated carbocycles. The molecule has 0 aliphatic carbocycles. The first-order valence-electron chi connectivity index (χ1n) is 6.54. The summed E-state index contributed by atoms with van der Waals surface area (Å²) in [4.78, 5) is 16.8. The molecule has 3 rings (SSSR count). The molecule has 0 bridgehead atoms. The van der Waals surface area contributed by atoms with Gasteiger partial charge < -0.3 is 5.32 Å². The molecular weight excluding hydrogens is 245 g/mol. The summed E-state index contributed by atoms with van der Waals surface area (Å²) in [6.07, 6.45) is 2.08. The summed E-state index contributed by atoms with van der Waals surface area (Å²) in [5.41, 5.74) is 0.342. The zero-order valence-electron chi connectivity index (χ0n) is 10.8. The summed E-state index contributed by atoms with van der Waals surface area (Å²) < 4.78 is 14.9. The van der Waals surface area contributed by atoms with Crippen LogP contribution < -0.4 is 10.9 Å². The van der Waals surface area contributed by atoms with Crippen LogP contribution in [0, 0.1) is 5.82 Å². The maximum absolute atomic E-state index is 13.3. The zero-order valence-corrected chi connectivity index (χ0v) is 10.8. The number of nitrogens with one attached hydrogen (secondary N) is 1. The van der Waals surface area contributed by atoms with Gasteiger partial charge in [0.2, 0.25) is 0 Å². The lowest BCUT2D eigenvalue weighted by Crippen LogP contribution is -2.33. The number of hydrogen-bond acceptors (Lipinski definition) is 3. The van der Waals surface area contributed by atoms with Crippen LogP contribution in [-0.4, -0.2) is 22.6 Å². The molecule has 0 spiro atoms. The minimum atomic E-state index is -0.360. The van der Waals surface area contributed by atoms with Crippen LogP contribution in [0.2, 0.25) is 0 Å². The van der Waals surface area contributed by atoms with Crippen molar-refractivity contribution in [3.8, 4) is 0 Å². The Morgan fingerprint density at radius 2 is 2.32 bits per heavy atom. The predicted octanol–water partition coefficient (Wildman–Crippen LogP) is 1.54. The van der Waals surface area contributed by atoms with Gasteiger partial charge in [-0.1, -0.05) is 0 Å². The van der Waals surface area contributed by atoms with E-state index >= 15 is 0 Å². The molecule has 2 aromatic rings. The highest BCUT2D eigenvalue weighted by Crippen LogP contribution is 2.22. The predicted molar refractivity (Wildman–Crippen MR) is 71.8 cm³/mol. The third kappa shape index (κ3) is 2.14. The topological polar surface area (TPSA) is 46.9 Å². The van der Waals surface area contributed by atoms with Gasteiger partial charge in [0.15, 0.2) is 0 Å². The molecule has 1 aromatic heterocycles. The number of rotatable bonds is 1. The molecule has 1 fully saturated rings. The number of piperidine rings is 1. The Hall–Kier alpha value is -1.75. The second kappa shape index (κ2) is 4.74. The molecule has 0 radical (unpaired) electrons.